The summed E-state index contributed by atoms with van der Waals surface area (Å²) in [5.74, 6) is -0.570. The minimum atomic E-state index is -0.433. The third kappa shape index (κ3) is 3.28. The van der Waals surface area contributed by atoms with Crippen molar-refractivity contribution in [2.45, 2.75) is 25.8 Å². The predicted octanol–water partition coefficient (Wildman–Crippen LogP) is 3.31. The second-order valence-corrected chi connectivity index (χ2v) is 6.76. The molecule has 1 aliphatic heterocycles. The van der Waals surface area contributed by atoms with Crippen LogP contribution in [0.15, 0.2) is 35.7 Å². The summed E-state index contributed by atoms with van der Waals surface area (Å²) in [5.41, 5.74) is 2.90. The van der Waals surface area contributed by atoms with Gasteiger partial charge >= 0.3 is 5.97 Å². The molecule has 0 radical (unpaired) electrons. The zero-order valence-corrected chi connectivity index (χ0v) is 14.6. The predicted molar refractivity (Wildman–Crippen MR) is 95.9 cm³/mol. The van der Waals surface area contributed by atoms with Crippen LogP contribution in [0.5, 0.6) is 0 Å². The molecule has 5 nitrogen and oxygen atoms in total. The van der Waals surface area contributed by atoms with E-state index in [2.05, 4.69) is 29.3 Å². The van der Waals surface area contributed by atoms with E-state index in [-0.39, 0.29) is 12.5 Å². The van der Waals surface area contributed by atoms with Crippen molar-refractivity contribution in [3.05, 3.63) is 46.2 Å². The van der Waals surface area contributed by atoms with Gasteiger partial charge in [-0.05, 0) is 42.8 Å². The maximum absolute atomic E-state index is 12.5. The maximum atomic E-state index is 12.5. The van der Waals surface area contributed by atoms with E-state index in [4.69, 9.17) is 4.74 Å². The van der Waals surface area contributed by atoms with Crippen LogP contribution in [0.2, 0.25) is 0 Å². The van der Waals surface area contributed by atoms with Gasteiger partial charge in [-0.2, -0.15) is 0 Å². The Balaban J connectivity index is 1.74. The number of thiophene rings is 1. The number of methoxy groups -OCH3 is 1. The first-order chi connectivity index (χ1) is 11.6. The zero-order chi connectivity index (χ0) is 17.1. The largest absolute Gasteiger partial charge is 0.465 e. The summed E-state index contributed by atoms with van der Waals surface area (Å²) in [6.07, 6.45) is 2.06. The molecule has 0 saturated heterocycles. The minimum Gasteiger partial charge on any atom is -0.465 e. The number of ether oxygens (including phenoxy) is 1. The lowest BCUT2D eigenvalue weighted by atomic mass is 9.96. The molecule has 1 aliphatic rings. The summed E-state index contributed by atoms with van der Waals surface area (Å²) in [6, 6.07) is 10.2. The van der Waals surface area contributed by atoms with Crippen molar-refractivity contribution in [2.75, 3.05) is 23.9 Å². The number of rotatable bonds is 4. The van der Waals surface area contributed by atoms with Crippen molar-refractivity contribution in [3.63, 3.8) is 0 Å². The van der Waals surface area contributed by atoms with Crippen LogP contribution in [-0.2, 0) is 16.0 Å². The first-order valence-corrected chi connectivity index (χ1v) is 8.78. The normalized spacial score (nSPS) is 16.4. The highest BCUT2D eigenvalue weighted by Gasteiger charge is 2.25. The van der Waals surface area contributed by atoms with Crippen LogP contribution in [-0.4, -0.2) is 31.6 Å². The first-order valence-electron chi connectivity index (χ1n) is 7.90. The van der Waals surface area contributed by atoms with Gasteiger partial charge in [0.25, 0.3) is 0 Å². The van der Waals surface area contributed by atoms with Gasteiger partial charge in [0, 0.05) is 11.7 Å². The monoisotopic (exact) mass is 344 g/mol. The van der Waals surface area contributed by atoms with Gasteiger partial charge in [0.15, 0.2) is 0 Å². The molecule has 1 aromatic heterocycles. The summed E-state index contributed by atoms with van der Waals surface area (Å²) >= 11 is 1.26. The van der Waals surface area contributed by atoms with Gasteiger partial charge in [-0.15, -0.1) is 11.3 Å². The fourth-order valence-electron chi connectivity index (χ4n) is 3.00. The number of hydrogen-bond acceptors (Lipinski definition) is 5. The standard InChI is InChI=1S/C18H20N2O3S/c1-12-7-8-13-5-3-4-6-15(13)20(12)11-16(21)19-14-9-10-24-17(14)18(22)23-2/h3-6,9-10,12H,7-8,11H2,1-2H3,(H,19,21)/t12-/m0/s1. The molecular formula is C18H20N2O3S. The molecule has 3 rings (SSSR count). The Hall–Kier alpha value is -2.34. The number of hydrogen-bond donors (Lipinski definition) is 1. The van der Waals surface area contributed by atoms with E-state index in [1.165, 1.54) is 24.0 Å². The van der Waals surface area contributed by atoms with Crippen LogP contribution >= 0.6 is 11.3 Å². The van der Waals surface area contributed by atoms with E-state index >= 15 is 0 Å². The molecule has 6 heteroatoms. The third-order valence-electron chi connectivity index (χ3n) is 4.29. The second-order valence-electron chi connectivity index (χ2n) is 5.85. The molecule has 1 N–H and O–H groups in total. The van der Waals surface area contributed by atoms with E-state index in [0.29, 0.717) is 16.6 Å². The van der Waals surface area contributed by atoms with Crippen molar-refractivity contribution in [1.29, 1.82) is 0 Å². The first kappa shape index (κ1) is 16.5. The molecule has 1 amide bonds. The number of carbonyl (C=O) groups excluding carboxylic acids is 2. The Bertz CT molecular complexity index is 756. The van der Waals surface area contributed by atoms with Gasteiger partial charge < -0.3 is 15.0 Å². The van der Waals surface area contributed by atoms with Crippen molar-refractivity contribution < 1.29 is 14.3 Å². The number of anilines is 2. The number of nitrogens with one attached hydrogen (secondary N) is 1. The molecule has 1 atom stereocenters. The summed E-state index contributed by atoms with van der Waals surface area (Å²) in [7, 11) is 1.33. The van der Waals surface area contributed by atoms with Crippen LogP contribution in [0, 0.1) is 0 Å². The molecule has 0 fully saturated rings. The lowest BCUT2D eigenvalue weighted by molar-refractivity contribution is -0.115. The highest BCUT2D eigenvalue weighted by atomic mass is 32.1. The van der Waals surface area contributed by atoms with E-state index in [0.717, 1.165) is 18.5 Å². The number of carbonyl (C=O) groups is 2. The SMILES string of the molecule is COC(=O)c1sccc1NC(=O)CN1c2ccccc2CC[C@@H]1C. The van der Waals surface area contributed by atoms with Crippen LogP contribution in [0.1, 0.15) is 28.6 Å². The van der Waals surface area contributed by atoms with Gasteiger partial charge in [0.05, 0.1) is 19.3 Å². The molecule has 0 unspecified atom stereocenters. The second kappa shape index (κ2) is 7.05. The average Bonchev–Trinajstić information content (AvgIpc) is 3.04. The van der Waals surface area contributed by atoms with Gasteiger partial charge in [-0.1, -0.05) is 18.2 Å². The number of esters is 1. The van der Waals surface area contributed by atoms with Crippen molar-refractivity contribution >= 4 is 34.6 Å². The smallest absolute Gasteiger partial charge is 0.350 e. The number of benzene rings is 1. The van der Waals surface area contributed by atoms with Gasteiger partial charge in [0.2, 0.25) is 5.91 Å². The molecular weight excluding hydrogens is 324 g/mol. The van der Waals surface area contributed by atoms with E-state index < -0.39 is 5.97 Å². The number of fused-ring (bicyclic) bond motifs is 1. The molecule has 1 aromatic carbocycles. The average molecular weight is 344 g/mol. The van der Waals surface area contributed by atoms with Gasteiger partial charge in [0.1, 0.15) is 4.88 Å². The van der Waals surface area contributed by atoms with Crippen molar-refractivity contribution in [1.82, 2.24) is 0 Å². The topological polar surface area (TPSA) is 58.6 Å². The summed E-state index contributed by atoms with van der Waals surface area (Å²) in [6.45, 7) is 2.39. The number of amides is 1. The van der Waals surface area contributed by atoms with Gasteiger partial charge in [-0.25, -0.2) is 4.79 Å². The van der Waals surface area contributed by atoms with Crippen molar-refractivity contribution in [2.24, 2.45) is 0 Å². The number of para-hydroxylation sites is 1. The Labute approximate surface area is 145 Å². The zero-order valence-electron chi connectivity index (χ0n) is 13.7. The highest BCUT2D eigenvalue weighted by molar-refractivity contribution is 7.12. The van der Waals surface area contributed by atoms with Crippen molar-refractivity contribution in [3.8, 4) is 0 Å². The summed E-state index contributed by atoms with van der Waals surface area (Å²) < 4.78 is 4.74. The fraction of sp³-hybridized carbons (Fsp3) is 0.333. The molecule has 0 bridgehead atoms. The molecule has 0 spiro atoms. The highest BCUT2D eigenvalue weighted by Crippen LogP contribution is 2.30. The lowest BCUT2D eigenvalue weighted by Crippen LogP contribution is -2.42. The van der Waals surface area contributed by atoms with E-state index in [1.54, 1.807) is 11.4 Å². The molecule has 2 heterocycles. The number of nitrogens with zero attached hydrogens (tertiary/aromatic N) is 1. The Morgan fingerprint density at radius 1 is 1.33 bits per heavy atom. The summed E-state index contributed by atoms with van der Waals surface area (Å²) in [4.78, 5) is 26.7. The molecule has 24 heavy (non-hydrogen) atoms. The summed E-state index contributed by atoms with van der Waals surface area (Å²) in [5, 5.41) is 4.60. The van der Waals surface area contributed by atoms with E-state index in [1.807, 2.05) is 12.1 Å². The Morgan fingerprint density at radius 2 is 2.12 bits per heavy atom. The Morgan fingerprint density at radius 3 is 2.92 bits per heavy atom. The van der Waals surface area contributed by atoms with Crippen LogP contribution < -0.4 is 10.2 Å². The maximum Gasteiger partial charge on any atom is 0.350 e. The van der Waals surface area contributed by atoms with Crippen LogP contribution in [0.4, 0.5) is 11.4 Å². The molecule has 126 valence electrons. The fourth-order valence-corrected chi connectivity index (χ4v) is 3.77. The quantitative estimate of drug-likeness (QED) is 0.865. The minimum absolute atomic E-state index is 0.137. The lowest BCUT2D eigenvalue weighted by Gasteiger charge is -2.36. The van der Waals surface area contributed by atoms with E-state index in [9.17, 15) is 9.59 Å². The van der Waals surface area contributed by atoms with Crippen LogP contribution in [0.25, 0.3) is 0 Å². The molecule has 0 aliphatic carbocycles. The molecule has 0 saturated carbocycles. The third-order valence-corrected chi connectivity index (χ3v) is 5.18. The van der Waals surface area contributed by atoms with Crippen LogP contribution in [0.3, 0.4) is 0 Å². The Kier molecular flexibility index (Phi) is 4.85. The number of aryl methyl sites for hydroxylation is 1. The van der Waals surface area contributed by atoms with Gasteiger partial charge in [-0.3, -0.25) is 4.79 Å². The molecule has 2 aromatic rings.